The molecule has 0 spiro atoms. The Morgan fingerprint density at radius 1 is 1.53 bits per heavy atom. The molecule has 4 nitrogen and oxygen atoms in total. The van der Waals surface area contributed by atoms with Crippen molar-refractivity contribution in [3.8, 4) is 0 Å². The zero-order chi connectivity index (χ0) is 12.3. The van der Waals surface area contributed by atoms with Crippen LogP contribution in [0.15, 0.2) is 35.1 Å². The molecule has 5 heteroatoms. The van der Waals surface area contributed by atoms with Crippen molar-refractivity contribution in [2.24, 2.45) is 0 Å². The summed E-state index contributed by atoms with van der Waals surface area (Å²) < 4.78 is 1.00. The van der Waals surface area contributed by atoms with E-state index in [1.54, 1.807) is 18.5 Å². The van der Waals surface area contributed by atoms with Crippen LogP contribution in [0.4, 0.5) is 0 Å². The number of carbonyl (C=O) groups excluding carboxylic acids is 1. The van der Waals surface area contributed by atoms with E-state index in [9.17, 15) is 4.79 Å². The molecule has 0 bridgehead atoms. The number of benzene rings is 1. The van der Waals surface area contributed by atoms with Crippen LogP contribution in [0.5, 0.6) is 0 Å². The van der Waals surface area contributed by atoms with Crippen LogP contribution < -0.4 is 5.32 Å². The molecule has 2 rings (SSSR count). The van der Waals surface area contributed by atoms with Crippen LogP contribution in [-0.2, 0) is 6.54 Å². The molecule has 0 saturated heterocycles. The van der Waals surface area contributed by atoms with Gasteiger partial charge in [-0.05, 0) is 30.7 Å². The molecular formula is C12H12BrN3O. The van der Waals surface area contributed by atoms with E-state index in [-0.39, 0.29) is 5.91 Å². The van der Waals surface area contributed by atoms with E-state index in [1.165, 1.54) is 0 Å². The number of nitrogens with zero attached hydrogens (tertiary/aromatic N) is 1. The van der Waals surface area contributed by atoms with Gasteiger partial charge in [-0.3, -0.25) is 9.89 Å². The van der Waals surface area contributed by atoms with Crippen molar-refractivity contribution in [3.05, 3.63) is 51.8 Å². The molecule has 1 amide bonds. The molecule has 88 valence electrons. The number of aromatic amines is 1. The van der Waals surface area contributed by atoms with Gasteiger partial charge in [0.05, 0.1) is 6.20 Å². The molecule has 0 fully saturated rings. The third kappa shape index (κ3) is 2.94. The quantitative estimate of drug-likeness (QED) is 0.913. The van der Waals surface area contributed by atoms with Gasteiger partial charge in [-0.25, -0.2) is 0 Å². The first-order valence-corrected chi connectivity index (χ1v) is 5.98. The minimum Gasteiger partial charge on any atom is -0.348 e. The minimum atomic E-state index is -0.0817. The van der Waals surface area contributed by atoms with Gasteiger partial charge >= 0.3 is 0 Å². The molecule has 0 unspecified atom stereocenters. The number of H-pyrrole nitrogens is 1. The molecule has 17 heavy (non-hydrogen) atoms. The van der Waals surface area contributed by atoms with Gasteiger partial charge in [0.1, 0.15) is 0 Å². The molecule has 1 aromatic heterocycles. The summed E-state index contributed by atoms with van der Waals surface area (Å²) in [7, 11) is 0. The number of aryl methyl sites for hydroxylation is 1. The fourth-order valence-electron chi connectivity index (χ4n) is 1.44. The van der Waals surface area contributed by atoms with Gasteiger partial charge in [-0.1, -0.05) is 15.9 Å². The van der Waals surface area contributed by atoms with E-state index in [2.05, 4.69) is 31.4 Å². The molecule has 0 atom stereocenters. The molecule has 0 saturated carbocycles. The average Bonchev–Trinajstić information content (AvgIpc) is 2.82. The van der Waals surface area contributed by atoms with Crippen LogP contribution in [-0.4, -0.2) is 16.1 Å². The molecule has 1 aromatic carbocycles. The lowest BCUT2D eigenvalue weighted by Crippen LogP contribution is -2.22. The second kappa shape index (κ2) is 5.14. The minimum absolute atomic E-state index is 0.0817. The third-order valence-corrected chi connectivity index (χ3v) is 3.32. The molecule has 0 radical (unpaired) electrons. The maximum absolute atomic E-state index is 11.8. The molecule has 0 aliphatic rings. The highest BCUT2D eigenvalue weighted by molar-refractivity contribution is 9.10. The highest BCUT2D eigenvalue weighted by atomic mass is 79.9. The molecule has 0 aliphatic heterocycles. The zero-order valence-corrected chi connectivity index (χ0v) is 10.9. The van der Waals surface area contributed by atoms with Crippen molar-refractivity contribution in [2.75, 3.05) is 0 Å². The number of carbonyl (C=O) groups is 1. The normalized spacial score (nSPS) is 10.2. The first kappa shape index (κ1) is 11.9. The number of nitrogens with one attached hydrogen (secondary N) is 2. The first-order valence-electron chi connectivity index (χ1n) is 5.19. The Hall–Kier alpha value is -1.62. The van der Waals surface area contributed by atoms with Crippen molar-refractivity contribution in [1.29, 1.82) is 0 Å². The zero-order valence-electron chi connectivity index (χ0n) is 9.33. The standard InChI is InChI=1S/C12H12BrN3O/c1-8-4-10(2-3-11(8)13)12(17)14-5-9-6-15-16-7-9/h2-4,6-7H,5H2,1H3,(H,14,17)(H,15,16). The average molecular weight is 294 g/mol. The molecular weight excluding hydrogens is 282 g/mol. The van der Waals surface area contributed by atoms with Crippen molar-refractivity contribution in [1.82, 2.24) is 15.5 Å². The van der Waals surface area contributed by atoms with Gasteiger partial charge in [0.2, 0.25) is 0 Å². The van der Waals surface area contributed by atoms with E-state index in [1.807, 2.05) is 19.1 Å². The highest BCUT2D eigenvalue weighted by Crippen LogP contribution is 2.17. The number of hydrogen-bond donors (Lipinski definition) is 2. The highest BCUT2D eigenvalue weighted by Gasteiger charge is 2.06. The topological polar surface area (TPSA) is 57.8 Å². The van der Waals surface area contributed by atoms with E-state index in [4.69, 9.17) is 0 Å². The second-order valence-electron chi connectivity index (χ2n) is 3.75. The Labute approximate surface area is 108 Å². The Balaban J connectivity index is 2.02. The van der Waals surface area contributed by atoms with Gasteiger partial charge in [0, 0.05) is 28.3 Å². The predicted octanol–water partition coefficient (Wildman–Crippen LogP) is 2.41. The fourth-order valence-corrected chi connectivity index (χ4v) is 1.69. The van der Waals surface area contributed by atoms with Gasteiger partial charge in [0.15, 0.2) is 0 Å². The Kier molecular flexibility index (Phi) is 3.58. The van der Waals surface area contributed by atoms with Crippen molar-refractivity contribution < 1.29 is 4.79 Å². The van der Waals surface area contributed by atoms with Gasteiger partial charge in [-0.15, -0.1) is 0 Å². The van der Waals surface area contributed by atoms with Gasteiger partial charge in [0.25, 0.3) is 5.91 Å². The molecule has 0 aliphatic carbocycles. The summed E-state index contributed by atoms with van der Waals surface area (Å²) in [6.07, 6.45) is 3.44. The smallest absolute Gasteiger partial charge is 0.251 e. The summed E-state index contributed by atoms with van der Waals surface area (Å²) in [5.41, 5.74) is 2.65. The van der Waals surface area contributed by atoms with Crippen LogP contribution in [0.1, 0.15) is 21.5 Å². The Bertz CT molecular complexity index is 523. The summed E-state index contributed by atoms with van der Waals surface area (Å²) in [4.78, 5) is 11.8. The molecule has 1 heterocycles. The predicted molar refractivity (Wildman–Crippen MR) is 68.6 cm³/mol. The lowest BCUT2D eigenvalue weighted by atomic mass is 10.1. The van der Waals surface area contributed by atoms with Crippen LogP contribution in [0.25, 0.3) is 0 Å². The monoisotopic (exact) mass is 293 g/mol. The van der Waals surface area contributed by atoms with Crippen molar-refractivity contribution in [2.45, 2.75) is 13.5 Å². The first-order chi connectivity index (χ1) is 8.16. The summed E-state index contributed by atoms with van der Waals surface area (Å²) >= 11 is 3.40. The summed E-state index contributed by atoms with van der Waals surface area (Å²) in [5, 5.41) is 9.35. The number of halogens is 1. The number of amides is 1. The summed E-state index contributed by atoms with van der Waals surface area (Å²) in [6.45, 7) is 2.43. The summed E-state index contributed by atoms with van der Waals surface area (Å²) in [5.74, 6) is -0.0817. The van der Waals surface area contributed by atoms with Crippen LogP contribution in [0, 0.1) is 6.92 Å². The second-order valence-corrected chi connectivity index (χ2v) is 4.61. The maximum Gasteiger partial charge on any atom is 0.251 e. The Morgan fingerprint density at radius 2 is 2.35 bits per heavy atom. The van der Waals surface area contributed by atoms with Crippen LogP contribution >= 0.6 is 15.9 Å². The lowest BCUT2D eigenvalue weighted by molar-refractivity contribution is 0.0951. The van der Waals surface area contributed by atoms with Crippen LogP contribution in [0.3, 0.4) is 0 Å². The Morgan fingerprint density at radius 3 is 3.00 bits per heavy atom. The SMILES string of the molecule is Cc1cc(C(=O)NCc2cn[nH]c2)ccc1Br. The lowest BCUT2D eigenvalue weighted by Gasteiger charge is -2.05. The van der Waals surface area contributed by atoms with Crippen molar-refractivity contribution >= 4 is 21.8 Å². The fraction of sp³-hybridized carbons (Fsp3) is 0.167. The third-order valence-electron chi connectivity index (χ3n) is 2.43. The molecule has 2 N–H and O–H groups in total. The molecule has 2 aromatic rings. The van der Waals surface area contributed by atoms with Crippen molar-refractivity contribution in [3.63, 3.8) is 0 Å². The summed E-state index contributed by atoms with van der Waals surface area (Å²) in [6, 6.07) is 5.53. The maximum atomic E-state index is 11.8. The van der Waals surface area contributed by atoms with E-state index in [0.29, 0.717) is 12.1 Å². The number of rotatable bonds is 3. The largest absolute Gasteiger partial charge is 0.348 e. The van der Waals surface area contributed by atoms with Crippen LogP contribution in [0.2, 0.25) is 0 Å². The van der Waals surface area contributed by atoms with E-state index in [0.717, 1.165) is 15.6 Å². The number of hydrogen-bond acceptors (Lipinski definition) is 2. The number of aromatic nitrogens is 2. The van der Waals surface area contributed by atoms with E-state index >= 15 is 0 Å². The van der Waals surface area contributed by atoms with Gasteiger partial charge in [-0.2, -0.15) is 5.10 Å². The van der Waals surface area contributed by atoms with E-state index < -0.39 is 0 Å². The van der Waals surface area contributed by atoms with Gasteiger partial charge < -0.3 is 5.32 Å².